The molecule has 58 valence electrons. The van der Waals surface area contributed by atoms with Gasteiger partial charge in [-0.05, 0) is 25.2 Å². The molecule has 0 aromatic carbocycles. The van der Waals surface area contributed by atoms with Crippen LogP contribution in [0.5, 0.6) is 0 Å². The summed E-state index contributed by atoms with van der Waals surface area (Å²) in [6.45, 7) is 4.51. The molecule has 0 radical (unpaired) electrons. The Morgan fingerprint density at radius 2 is 2.40 bits per heavy atom. The molecule has 1 aliphatic rings. The van der Waals surface area contributed by atoms with Crippen LogP contribution < -0.4 is 5.32 Å². The van der Waals surface area contributed by atoms with Gasteiger partial charge in [-0.25, -0.2) is 0 Å². The van der Waals surface area contributed by atoms with Crippen LogP contribution in [0.2, 0.25) is 0 Å². The van der Waals surface area contributed by atoms with Crippen molar-refractivity contribution in [3.05, 3.63) is 0 Å². The lowest BCUT2D eigenvalue weighted by Gasteiger charge is -2.12. The zero-order chi connectivity index (χ0) is 7.56. The summed E-state index contributed by atoms with van der Waals surface area (Å²) in [7, 11) is 0. The van der Waals surface area contributed by atoms with Crippen molar-refractivity contribution < 1.29 is 0 Å². The molecule has 1 fully saturated rings. The normalized spacial score (nSPS) is 25.5. The number of thiocarbonyl (C=S) groups is 1. The van der Waals surface area contributed by atoms with E-state index in [9.17, 15) is 0 Å². The monoisotopic (exact) mass is 157 g/mol. The van der Waals surface area contributed by atoms with E-state index in [0.29, 0.717) is 6.04 Å². The van der Waals surface area contributed by atoms with E-state index in [1.807, 2.05) is 0 Å². The molecule has 1 saturated heterocycles. The summed E-state index contributed by atoms with van der Waals surface area (Å²) in [5.74, 6) is 0.790. The highest BCUT2D eigenvalue weighted by molar-refractivity contribution is 7.80. The second-order valence-corrected chi connectivity index (χ2v) is 3.93. The van der Waals surface area contributed by atoms with Gasteiger partial charge in [0.1, 0.15) is 0 Å². The van der Waals surface area contributed by atoms with Crippen molar-refractivity contribution in [2.45, 2.75) is 39.2 Å². The molecule has 1 nitrogen and oxygen atoms in total. The van der Waals surface area contributed by atoms with Gasteiger partial charge < -0.3 is 5.32 Å². The zero-order valence-corrected chi connectivity index (χ0v) is 7.50. The summed E-state index contributed by atoms with van der Waals surface area (Å²) < 4.78 is 0. The number of rotatable bonds is 2. The largest absolute Gasteiger partial charge is 0.377 e. The first kappa shape index (κ1) is 7.99. The van der Waals surface area contributed by atoms with Gasteiger partial charge >= 0.3 is 0 Å². The maximum absolute atomic E-state index is 5.04. The third-order valence-corrected chi connectivity index (χ3v) is 2.16. The van der Waals surface area contributed by atoms with Crippen LogP contribution in [0.15, 0.2) is 0 Å². The first-order valence-corrected chi connectivity index (χ1v) is 4.38. The molecule has 1 rings (SSSR count). The molecule has 1 aliphatic heterocycles. The van der Waals surface area contributed by atoms with Gasteiger partial charge in [0.05, 0.1) is 4.99 Å². The van der Waals surface area contributed by atoms with Gasteiger partial charge in [0.25, 0.3) is 0 Å². The Labute approximate surface area is 68.2 Å². The van der Waals surface area contributed by atoms with Crippen molar-refractivity contribution in [1.82, 2.24) is 5.32 Å². The predicted octanol–water partition coefficient (Wildman–Crippen LogP) is 2.11. The van der Waals surface area contributed by atoms with Crippen LogP contribution in [0.4, 0.5) is 0 Å². The second-order valence-electron chi connectivity index (χ2n) is 3.43. The first-order valence-electron chi connectivity index (χ1n) is 3.98. The maximum Gasteiger partial charge on any atom is 0.0756 e. The molecule has 0 bridgehead atoms. The Hall–Kier alpha value is -0.110. The molecule has 1 atom stereocenters. The van der Waals surface area contributed by atoms with E-state index in [2.05, 4.69) is 19.2 Å². The van der Waals surface area contributed by atoms with E-state index in [1.54, 1.807) is 0 Å². The Bertz CT molecular complexity index is 131. The lowest BCUT2D eigenvalue weighted by atomic mass is 10.0. The number of hydrogen-bond donors (Lipinski definition) is 1. The van der Waals surface area contributed by atoms with Crippen LogP contribution in [0.3, 0.4) is 0 Å². The Kier molecular flexibility index (Phi) is 2.66. The van der Waals surface area contributed by atoms with Crippen molar-refractivity contribution in [3.8, 4) is 0 Å². The van der Waals surface area contributed by atoms with Crippen molar-refractivity contribution in [3.63, 3.8) is 0 Å². The number of nitrogens with one attached hydrogen (secondary N) is 1. The Morgan fingerprint density at radius 3 is 2.80 bits per heavy atom. The maximum atomic E-state index is 5.04. The van der Waals surface area contributed by atoms with Crippen LogP contribution in [-0.2, 0) is 0 Å². The lowest BCUT2D eigenvalue weighted by molar-refractivity contribution is 0.474. The van der Waals surface area contributed by atoms with E-state index < -0.39 is 0 Å². The minimum Gasteiger partial charge on any atom is -0.377 e. The van der Waals surface area contributed by atoms with Crippen LogP contribution in [-0.4, -0.2) is 11.0 Å². The van der Waals surface area contributed by atoms with E-state index in [-0.39, 0.29) is 0 Å². The summed E-state index contributed by atoms with van der Waals surface area (Å²) in [6, 6.07) is 0.674. The summed E-state index contributed by atoms with van der Waals surface area (Å²) in [4.78, 5) is 1.06. The molecule has 0 amide bonds. The molecule has 2 heteroatoms. The number of hydrogen-bond acceptors (Lipinski definition) is 1. The molecule has 1 heterocycles. The van der Waals surface area contributed by atoms with Crippen LogP contribution >= 0.6 is 12.2 Å². The molecule has 0 spiro atoms. The van der Waals surface area contributed by atoms with Gasteiger partial charge in [-0.3, -0.25) is 0 Å². The highest BCUT2D eigenvalue weighted by Crippen LogP contribution is 2.15. The van der Waals surface area contributed by atoms with Gasteiger partial charge in [-0.2, -0.15) is 0 Å². The third-order valence-electron chi connectivity index (χ3n) is 1.84. The first-order chi connectivity index (χ1) is 4.68. The summed E-state index contributed by atoms with van der Waals surface area (Å²) in [6.07, 6.45) is 3.61. The Morgan fingerprint density at radius 1 is 1.70 bits per heavy atom. The van der Waals surface area contributed by atoms with Crippen LogP contribution in [0.1, 0.15) is 33.1 Å². The minimum absolute atomic E-state index is 0.674. The average molecular weight is 157 g/mol. The third kappa shape index (κ3) is 2.25. The summed E-state index contributed by atoms with van der Waals surface area (Å²) in [5.41, 5.74) is 0. The van der Waals surface area contributed by atoms with E-state index in [1.165, 1.54) is 12.8 Å². The van der Waals surface area contributed by atoms with E-state index in [4.69, 9.17) is 12.2 Å². The van der Waals surface area contributed by atoms with Crippen LogP contribution in [0.25, 0.3) is 0 Å². The fourth-order valence-electron chi connectivity index (χ4n) is 1.42. The quantitative estimate of drug-likeness (QED) is 0.616. The van der Waals surface area contributed by atoms with Gasteiger partial charge in [-0.15, -0.1) is 0 Å². The minimum atomic E-state index is 0.674. The fraction of sp³-hybridized carbons (Fsp3) is 0.875. The van der Waals surface area contributed by atoms with Crippen molar-refractivity contribution in [2.75, 3.05) is 0 Å². The highest BCUT2D eigenvalue weighted by atomic mass is 32.1. The van der Waals surface area contributed by atoms with Gasteiger partial charge in [-0.1, -0.05) is 26.1 Å². The van der Waals surface area contributed by atoms with Gasteiger partial charge in [0.2, 0.25) is 0 Å². The van der Waals surface area contributed by atoms with E-state index in [0.717, 1.165) is 17.3 Å². The lowest BCUT2D eigenvalue weighted by Crippen LogP contribution is -2.25. The van der Waals surface area contributed by atoms with Crippen molar-refractivity contribution in [1.29, 1.82) is 0 Å². The SMILES string of the molecule is CC(C)CC1CCC(=S)N1. The molecule has 1 unspecified atom stereocenters. The average Bonchev–Trinajstić information content (AvgIpc) is 2.13. The Balaban J connectivity index is 2.24. The van der Waals surface area contributed by atoms with Gasteiger partial charge in [0, 0.05) is 6.04 Å². The fourth-order valence-corrected chi connectivity index (χ4v) is 1.71. The molecular formula is C8H15NS. The van der Waals surface area contributed by atoms with Crippen LogP contribution in [0, 0.1) is 5.92 Å². The van der Waals surface area contributed by atoms with Gasteiger partial charge in [0.15, 0.2) is 0 Å². The molecule has 0 aromatic rings. The second kappa shape index (κ2) is 3.33. The van der Waals surface area contributed by atoms with E-state index >= 15 is 0 Å². The highest BCUT2D eigenvalue weighted by Gasteiger charge is 2.18. The molecule has 0 aromatic heterocycles. The predicted molar refractivity (Wildman–Crippen MR) is 48.2 cm³/mol. The smallest absolute Gasteiger partial charge is 0.0756 e. The molecular weight excluding hydrogens is 142 g/mol. The van der Waals surface area contributed by atoms with Crippen molar-refractivity contribution >= 4 is 17.2 Å². The molecule has 10 heavy (non-hydrogen) atoms. The molecule has 0 saturated carbocycles. The standard InChI is InChI=1S/C8H15NS/c1-6(2)5-7-3-4-8(10)9-7/h6-7H,3-5H2,1-2H3,(H,9,10). The zero-order valence-electron chi connectivity index (χ0n) is 6.68. The molecule has 0 aliphatic carbocycles. The molecule has 1 N–H and O–H groups in total. The van der Waals surface area contributed by atoms with Crippen molar-refractivity contribution in [2.24, 2.45) is 5.92 Å². The summed E-state index contributed by atoms with van der Waals surface area (Å²) >= 11 is 5.04. The summed E-state index contributed by atoms with van der Waals surface area (Å²) in [5, 5.41) is 3.32. The topological polar surface area (TPSA) is 12.0 Å².